The molecule has 2 aromatic carbocycles. The van der Waals surface area contributed by atoms with Gasteiger partial charge in [-0.15, -0.1) is 0 Å². The summed E-state index contributed by atoms with van der Waals surface area (Å²) in [7, 11) is 3.10. The molecule has 0 unspecified atom stereocenters. The zero-order valence-electron chi connectivity index (χ0n) is 17.2. The van der Waals surface area contributed by atoms with Crippen LogP contribution in [0.3, 0.4) is 0 Å². The summed E-state index contributed by atoms with van der Waals surface area (Å²) in [5, 5.41) is 6.10. The molecule has 0 radical (unpaired) electrons. The van der Waals surface area contributed by atoms with E-state index in [0.717, 1.165) is 16.8 Å². The zero-order valence-corrected chi connectivity index (χ0v) is 17.2. The number of carbonyl (C=O) groups excluding carboxylic acids is 1. The number of hydrogen-bond acceptors (Lipinski definition) is 6. The lowest BCUT2D eigenvalue weighted by Crippen LogP contribution is -2.15. The van der Waals surface area contributed by atoms with Crippen LogP contribution >= 0.6 is 0 Å². The summed E-state index contributed by atoms with van der Waals surface area (Å²) < 4.78 is 10.5. The highest BCUT2D eigenvalue weighted by Crippen LogP contribution is 2.29. The summed E-state index contributed by atoms with van der Waals surface area (Å²) in [5.74, 6) is 1.31. The lowest BCUT2D eigenvalue weighted by Gasteiger charge is -2.14. The highest BCUT2D eigenvalue weighted by Gasteiger charge is 2.14. The van der Waals surface area contributed by atoms with Crippen LogP contribution in [0.1, 0.15) is 27.2 Å². The predicted molar refractivity (Wildman–Crippen MR) is 113 cm³/mol. The van der Waals surface area contributed by atoms with Gasteiger partial charge in [-0.25, -0.2) is 9.97 Å². The van der Waals surface area contributed by atoms with E-state index < -0.39 is 0 Å². The molecule has 7 heteroatoms. The van der Waals surface area contributed by atoms with Crippen molar-refractivity contribution in [1.82, 2.24) is 9.97 Å². The van der Waals surface area contributed by atoms with Gasteiger partial charge in [0, 0.05) is 17.8 Å². The largest absolute Gasteiger partial charge is 0.497 e. The quantitative estimate of drug-likeness (QED) is 0.646. The lowest BCUT2D eigenvalue weighted by molar-refractivity contribution is 0.102. The number of hydrogen-bond donors (Lipinski definition) is 2. The molecule has 0 spiro atoms. The summed E-state index contributed by atoms with van der Waals surface area (Å²) in [6.07, 6.45) is 1.36. The Morgan fingerprint density at radius 1 is 0.931 bits per heavy atom. The van der Waals surface area contributed by atoms with E-state index in [2.05, 4.69) is 39.7 Å². The average molecular weight is 392 g/mol. The second-order valence-electron chi connectivity index (χ2n) is 6.71. The van der Waals surface area contributed by atoms with Gasteiger partial charge in [0.25, 0.3) is 5.91 Å². The minimum absolute atomic E-state index is 0.239. The van der Waals surface area contributed by atoms with Crippen LogP contribution in [0.2, 0.25) is 0 Å². The van der Waals surface area contributed by atoms with Gasteiger partial charge in [-0.3, -0.25) is 4.79 Å². The molecule has 0 aliphatic heterocycles. The average Bonchev–Trinajstić information content (AvgIpc) is 2.71. The summed E-state index contributed by atoms with van der Waals surface area (Å²) in [5.41, 5.74) is 5.14. The molecule has 7 nitrogen and oxygen atoms in total. The molecule has 1 amide bonds. The van der Waals surface area contributed by atoms with Crippen molar-refractivity contribution >= 4 is 23.1 Å². The zero-order chi connectivity index (χ0) is 21.0. The number of nitrogens with zero attached hydrogens (tertiary/aromatic N) is 2. The highest BCUT2D eigenvalue weighted by atomic mass is 16.5. The molecule has 0 bridgehead atoms. The monoisotopic (exact) mass is 392 g/mol. The lowest BCUT2D eigenvalue weighted by atomic mass is 10.1. The molecule has 0 atom stereocenters. The molecular weight excluding hydrogens is 368 g/mol. The minimum atomic E-state index is -0.365. The molecule has 2 N–H and O–H groups in total. The van der Waals surface area contributed by atoms with E-state index in [0.29, 0.717) is 23.0 Å². The van der Waals surface area contributed by atoms with E-state index in [1.165, 1.54) is 19.0 Å². The summed E-state index contributed by atoms with van der Waals surface area (Å²) in [6, 6.07) is 11.0. The summed E-state index contributed by atoms with van der Waals surface area (Å²) >= 11 is 0. The second kappa shape index (κ2) is 8.60. The SMILES string of the molecule is COc1ccc(NC(=O)c2cc(Nc3c(C)cc(C)cc3C)ncn2)c(OC)c1. The van der Waals surface area contributed by atoms with E-state index in [1.54, 1.807) is 31.4 Å². The molecule has 1 heterocycles. The van der Waals surface area contributed by atoms with Gasteiger partial charge in [0.15, 0.2) is 0 Å². The van der Waals surface area contributed by atoms with Gasteiger partial charge in [-0.2, -0.15) is 0 Å². The van der Waals surface area contributed by atoms with E-state index in [9.17, 15) is 4.79 Å². The Morgan fingerprint density at radius 2 is 1.66 bits per heavy atom. The Morgan fingerprint density at radius 3 is 2.31 bits per heavy atom. The van der Waals surface area contributed by atoms with Crippen molar-refractivity contribution in [1.29, 1.82) is 0 Å². The van der Waals surface area contributed by atoms with E-state index in [1.807, 2.05) is 13.8 Å². The van der Waals surface area contributed by atoms with Crippen LogP contribution in [0.4, 0.5) is 17.2 Å². The van der Waals surface area contributed by atoms with Crippen molar-refractivity contribution in [2.75, 3.05) is 24.9 Å². The first-order valence-electron chi connectivity index (χ1n) is 9.11. The van der Waals surface area contributed by atoms with Crippen molar-refractivity contribution < 1.29 is 14.3 Å². The predicted octanol–water partition coefficient (Wildman–Crippen LogP) is 4.41. The van der Waals surface area contributed by atoms with Crippen LogP contribution in [-0.2, 0) is 0 Å². The molecular formula is C22H24N4O3. The number of methoxy groups -OCH3 is 2. The maximum absolute atomic E-state index is 12.7. The number of rotatable bonds is 6. The molecule has 3 aromatic rings. The molecule has 0 aliphatic carbocycles. The van der Waals surface area contributed by atoms with Crippen molar-refractivity contribution in [3.8, 4) is 11.5 Å². The van der Waals surface area contributed by atoms with Gasteiger partial charge in [0.1, 0.15) is 29.3 Å². The number of ether oxygens (including phenoxy) is 2. The first-order valence-corrected chi connectivity index (χ1v) is 9.11. The number of nitrogens with one attached hydrogen (secondary N) is 2. The Labute approximate surface area is 170 Å². The number of carbonyl (C=O) groups is 1. The van der Waals surface area contributed by atoms with Crippen molar-refractivity contribution in [2.45, 2.75) is 20.8 Å². The topological polar surface area (TPSA) is 85.4 Å². The molecule has 0 saturated heterocycles. The normalized spacial score (nSPS) is 10.4. The standard InChI is InChI=1S/C22H24N4O3/c1-13-8-14(2)21(15(3)9-13)26-20-11-18(23-12-24-20)22(27)25-17-7-6-16(28-4)10-19(17)29-5/h6-12H,1-5H3,(H,25,27)(H,23,24,26). The maximum Gasteiger partial charge on any atom is 0.274 e. The van der Waals surface area contributed by atoms with Gasteiger partial charge in [-0.05, 0) is 44.0 Å². The fraction of sp³-hybridized carbons (Fsp3) is 0.227. The van der Waals surface area contributed by atoms with E-state index >= 15 is 0 Å². The fourth-order valence-corrected chi connectivity index (χ4v) is 3.14. The summed E-state index contributed by atoms with van der Waals surface area (Å²) in [6.45, 7) is 6.13. The Hall–Kier alpha value is -3.61. The van der Waals surface area contributed by atoms with E-state index in [4.69, 9.17) is 9.47 Å². The van der Waals surface area contributed by atoms with Crippen LogP contribution in [0.25, 0.3) is 0 Å². The van der Waals surface area contributed by atoms with Crippen LogP contribution in [0.5, 0.6) is 11.5 Å². The molecule has 29 heavy (non-hydrogen) atoms. The number of aromatic nitrogens is 2. The van der Waals surface area contributed by atoms with Crippen molar-refractivity contribution in [3.05, 3.63) is 65.1 Å². The van der Waals surface area contributed by atoms with Crippen molar-refractivity contribution in [2.24, 2.45) is 0 Å². The third-order valence-corrected chi connectivity index (χ3v) is 4.49. The Balaban J connectivity index is 1.82. The van der Waals surface area contributed by atoms with Crippen LogP contribution < -0.4 is 20.1 Å². The highest BCUT2D eigenvalue weighted by molar-refractivity contribution is 6.04. The Bertz CT molecular complexity index is 1030. The van der Waals surface area contributed by atoms with Gasteiger partial charge in [0.2, 0.25) is 0 Å². The van der Waals surface area contributed by atoms with Gasteiger partial charge < -0.3 is 20.1 Å². The molecule has 0 fully saturated rings. The Kier molecular flexibility index (Phi) is 5.97. The fourth-order valence-electron chi connectivity index (χ4n) is 3.14. The molecule has 0 aliphatic rings. The van der Waals surface area contributed by atoms with Crippen molar-refractivity contribution in [3.63, 3.8) is 0 Å². The second-order valence-corrected chi connectivity index (χ2v) is 6.71. The summed E-state index contributed by atoms with van der Waals surface area (Å²) in [4.78, 5) is 21.0. The maximum atomic E-state index is 12.7. The van der Waals surface area contributed by atoms with Gasteiger partial charge in [0.05, 0.1) is 19.9 Å². The van der Waals surface area contributed by atoms with Gasteiger partial charge >= 0.3 is 0 Å². The van der Waals surface area contributed by atoms with Gasteiger partial charge in [-0.1, -0.05) is 17.7 Å². The number of anilines is 3. The molecule has 3 rings (SSSR count). The minimum Gasteiger partial charge on any atom is -0.497 e. The molecule has 0 saturated carbocycles. The smallest absolute Gasteiger partial charge is 0.274 e. The third-order valence-electron chi connectivity index (χ3n) is 4.49. The number of amides is 1. The van der Waals surface area contributed by atoms with Crippen LogP contribution in [0, 0.1) is 20.8 Å². The molecule has 1 aromatic heterocycles. The third kappa shape index (κ3) is 4.63. The van der Waals surface area contributed by atoms with Crippen LogP contribution in [-0.4, -0.2) is 30.1 Å². The van der Waals surface area contributed by atoms with Crippen LogP contribution in [0.15, 0.2) is 42.7 Å². The first kappa shape index (κ1) is 20.1. The molecule has 150 valence electrons. The van der Waals surface area contributed by atoms with E-state index in [-0.39, 0.29) is 11.6 Å². The first-order chi connectivity index (χ1) is 13.9. The number of benzene rings is 2. The number of aryl methyl sites for hydroxylation is 3.